The van der Waals surface area contributed by atoms with Crippen LogP contribution in [0.1, 0.15) is 41.2 Å². The van der Waals surface area contributed by atoms with Crippen LogP contribution in [0.2, 0.25) is 0 Å². The number of carbonyl (C=O) groups excluding carboxylic acids is 1. The number of hydrogen-bond acceptors (Lipinski definition) is 6. The van der Waals surface area contributed by atoms with Gasteiger partial charge in [-0.2, -0.15) is 0 Å². The van der Waals surface area contributed by atoms with Crippen LogP contribution in [0.4, 0.5) is 0 Å². The molecule has 1 aromatic carbocycles. The van der Waals surface area contributed by atoms with E-state index < -0.39 is 0 Å². The molecule has 0 bridgehead atoms. The Morgan fingerprint density at radius 1 is 1.14 bits per heavy atom. The summed E-state index contributed by atoms with van der Waals surface area (Å²) in [7, 11) is 0. The van der Waals surface area contributed by atoms with Crippen LogP contribution in [0.5, 0.6) is 11.5 Å². The first kappa shape index (κ1) is 17.6. The van der Waals surface area contributed by atoms with Crippen molar-refractivity contribution in [2.75, 3.05) is 25.5 Å². The van der Waals surface area contributed by atoms with Crippen LogP contribution in [0.15, 0.2) is 34.3 Å². The second-order valence-corrected chi connectivity index (χ2v) is 8.23. The van der Waals surface area contributed by atoms with Crippen LogP contribution in [0.3, 0.4) is 0 Å². The lowest BCUT2D eigenvalue weighted by Crippen LogP contribution is -2.36. The Balaban J connectivity index is 1.45. The van der Waals surface area contributed by atoms with Gasteiger partial charge in [-0.05, 0) is 30.5 Å². The van der Waals surface area contributed by atoms with E-state index in [9.17, 15) is 9.59 Å². The zero-order valence-corrected chi connectivity index (χ0v) is 16.2. The first-order valence-electron chi connectivity index (χ1n) is 9.65. The monoisotopic (exact) mass is 399 g/mol. The summed E-state index contributed by atoms with van der Waals surface area (Å²) in [4.78, 5) is 32.1. The number of fused-ring (bicyclic) bond motifs is 2. The number of benzene rings is 1. The molecule has 4 heterocycles. The molecule has 1 fully saturated rings. The van der Waals surface area contributed by atoms with E-state index in [1.165, 1.54) is 6.20 Å². The molecular formula is C20H21N3O4S. The molecule has 1 aromatic heterocycles. The quantitative estimate of drug-likeness (QED) is 0.723. The first-order chi connectivity index (χ1) is 13.7. The lowest BCUT2D eigenvalue weighted by molar-refractivity contribution is 0.0732. The number of hydrogen-bond donors (Lipinski definition) is 0. The molecule has 1 atom stereocenters. The summed E-state index contributed by atoms with van der Waals surface area (Å²) in [6.07, 6.45) is 4.06. The number of thioether (sulfide) groups is 1. The van der Waals surface area contributed by atoms with E-state index in [1.807, 2.05) is 18.2 Å². The molecule has 8 heteroatoms. The van der Waals surface area contributed by atoms with Crippen molar-refractivity contribution in [1.29, 1.82) is 0 Å². The van der Waals surface area contributed by atoms with Gasteiger partial charge in [0.2, 0.25) is 0 Å². The van der Waals surface area contributed by atoms with Gasteiger partial charge in [0.1, 0.15) is 5.56 Å². The van der Waals surface area contributed by atoms with Gasteiger partial charge in [0.25, 0.3) is 11.5 Å². The average Bonchev–Trinajstić information content (AvgIpc) is 3.33. The number of nitrogens with zero attached hydrogens (tertiary/aromatic N) is 3. The van der Waals surface area contributed by atoms with Gasteiger partial charge in [-0.15, -0.1) is 0 Å². The van der Waals surface area contributed by atoms with Gasteiger partial charge in [-0.25, -0.2) is 4.98 Å². The Morgan fingerprint density at radius 3 is 2.89 bits per heavy atom. The van der Waals surface area contributed by atoms with E-state index >= 15 is 0 Å². The van der Waals surface area contributed by atoms with Crippen molar-refractivity contribution in [3.8, 4) is 11.5 Å². The van der Waals surface area contributed by atoms with E-state index in [0.717, 1.165) is 42.1 Å². The molecule has 0 radical (unpaired) electrons. The number of rotatable bonds is 2. The molecule has 0 aliphatic carbocycles. The Bertz CT molecular complexity index is 990. The van der Waals surface area contributed by atoms with Crippen molar-refractivity contribution in [3.05, 3.63) is 45.9 Å². The standard InChI is InChI=1S/C20H21N3O4S/c24-18(14-12-21-20-23(19(14)25)7-10-28-20)22-6-1-3-15(22)13-4-5-16-17(11-13)27-9-2-8-26-16/h4-5,11-12,15H,1-3,6-10H2/t15-/m0/s1. The third-order valence-electron chi connectivity index (χ3n) is 5.46. The topological polar surface area (TPSA) is 73.7 Å². The van der Waals surface area contributed by atoms with Gasteiger partial charge in [-0.1, -0.05) is 17.8 Å². The van der Waals surface area contributed by atoms with Crippen LogP contribution in [-0.4, -0.2) is 45.9 Å². The fourth-order valence-electron chi connectivity index (χ4n) is 4.06. The molecule has 28 heavy (non-hydrogen) atoms. The highest BCUT2D eigenvalue weighted by Gasteiger charge is 2.33. The molecule has 146 valence electrons. The zero-order chi connectivity index (χ0) is 19.1. The van der Waals surface area contributed by atoms with Crippen LogP contribution in [-0.2, 0) is 6.54 Å². The first-order valence-corrected chi connectivity index (χ1v) is 10.6. The molecule has 2 aromatic rings. The summed E-state index contributed by atoms with van der Waals surface area (Å²) in [6, 6.07) is 5.81. The summed E-state index contributed by atoms with van der Waals surface area (Å²) < 4.78 is 13.1. The third-order valence-corrected chi connectivity index (χ3v) is 6.43. The molecule has 7 nitrogen and oxygen atoms in total. The van der Waals surface area contributed by atoms with Crippen molar-refractivity contribution in [1.82, 2.24) is 14.5 Å². The van der Waals surface area contributed by atoms with E-state index in [1.54, 1.807) is 21.2 Å². The summed E-state index contributed by atoms with van der Waals surface area (Å²) in [5.41, 5.74) is 0.941. The molecule has 3 aliphatic rings. The van der Waals surface area contributed by atoms with Crippen molar-refractivity contribution in [2.24, 2.45) is 0 Å². The second kappa shape index (κ2) is 7.16. The SMILES string of the molecule is O=C(c1cnc2n(c1=O)CCS2)N1CCC[C@H]1c1ccc2c(c1)OCCCO2. The molecule has 1 amide bonds. The highest BCUT2D eigenvalue weighted by molar-refractivity contribution is 7.99. The van der Waals surface area contributed by atoms with Gasteiger partial charge in [0, 0.05) is 31.5 Å². The van der Waals surface area contributed by atoms with Crippen LogP contribution in [0.25, 0.3) is 0 Å². The fourth-order valence-corrected chi connectivity index (χ4v) is 4.98. The molecule has 0 unspecified atom stereocenters. The fraction of sp³-hybridized carbons (Fsp3) is 0.450. The molecule has 0 saturated carbocycles. The van der Waals surface area contributed by atoms with E-state index in [4.69, 9.17) is 9.47 Å². The van der Waals surface area contributed by atoms with Gasteiger partial charge in [-0.3, -0.25) is 14.2 Å². The number of likely N-dealkylation sites (tertiary alicyclic amines) is 1. The van der Waals surface area contributed by atoms with Crippen LogP contribution in [0, 0.1) is 0 Å². The largest absolute Gasteiger partial charge is 0.490 e. The molecule has 0 N–H and O–H groups in total. The van der Waals surface area contributed by atoms with Gasteiger partial charge >= 0.3 is 0 Å². The lowest BCUT2D eigenvalue weighted by atomic mass is 10.0. The Kier molecular flexibility index (Phi) is 4.50. The maximum absolute atomic E-state index is 13.2. The van der Waals surface area contributed by atoms with Crippen LogP contribution < -0.4 is 15.0 Å². The van der Waals surface area contributed by atoms with Crippen molar-refractivity contribution in [2.45, 2.75) is 37.0 Å². The second-order valence-electron chi connectivity index (χ2n) is 7.17. The molecule has 0 spiro atoms. The summed E-state index contributed by atoms with van der Waals surface area (Å²) in [5, 5.41) is 0.697. The predicted octanol–water partition coefficient (Wildman–Crippen LogP) is 2.49. The summed E-state index contributed by atoms with van der Waals surface area (Å²) in [6.45, 7) is 2.51. The normalized spacial score (nSPS) is 20.7. The molecule has 3 aliphatic heterocycles. The zero-order valence-electron chi connectivity index (χ0n) is 15.4. The van der Waals surface area contributed by atoms with Crippen molar-refractivity contribution < 1.29 is 14.3 Å². The number of carbonyl (C=O) groups is 1. The summed E-state index contributed by atoms with van der Waals surface area (Å²) in [5.74, 6) is 2.06. The molecule has 5 rings (SSSR count). The number of ether oxygens (including phenoxy) is 2. The summed E-state index contributed by atoms with van der Waals surface area (Å²) >= 11 is 1.55. The Labute approximate surface area is 166 Å². The molecular weight excluding hydrogens is 378 g/mol. The van der Waals surface area contributed by atoms with Crippen molar-refractivity contribution in [3.63, 3.8) is 0 Å². The van der Waals surface area contributed by atoms with Crippen molar-refractivity contribution >= 4 is 17.7 Å². The van der Waals surface area contributed by atoms with Gasteiger partial charge < -0.3 is 14.4 Å². The van der Waals surface area contributed by atoms with Gasteiger partial charge in [0.05, 0.1) is 19.3 Å². The Hall–Kier alpha value is -2.48. The smallest absolute Gasteiger partial charge is 0.267 e. The van der Waals surface area contributed by atoms with E-state index in [-0.39, 0.29) is 23.1 Å². The third kappa shape index (κ3) is 2.96. The minimum Gasteiger partial charge on any atom is -0.490 e. The highest BCUT2D eigenvalue weighted by atomic mass is 32.2. The Morgan fingerprint density at radius 2 is 2.00 bits per heavy atom. The van der Waals surface area contributed by atoms with E-state index in [2.05, 4.69) is 4.98 Å². The highest BCUT2D eigenvalue weighted by Crippen LogP contribution is 2.38. The predicted molar refractivity (Wildman–Crippen MR) is 104 cm³/mol. The van der Waals surface area contributed by atoms with Crippen LogP contribution >= 0.6 is 11.8 Å². The van der Waals surface area contributed by atoms with Gasteiger partial charge in [0.15, 0.2) is 16.7 Å². The average molecular weight is 399 g/mol. The van der Waals surface area contributed by atoms with E-state index in [0.29, 0.717) is 31.5 Å². The minimum absolute atomic E-state index is 0.0725. The molecule has 1 saturated heterocycles. The number of amides is 1. The maximum atomic E-state index is 13.2. The maximum Gasteiger partial charge on any atom is 0.267 e. The number of aromatic nitrogens is 2. The minimum atomic E-state index is -0.237. The lowest BCUT2D eigenvalue weighted by Gasteiger charge is -2.25.